The minimum atomic E-state index is -0.0615. The van der Waals surface area contributed by atoms with Crippen molar-refractivity contribution in [2.24, 2.45) is 0 Å². The highest BCUT2D eigenvalue weighted by Crippen LogP contribution is 2.13. The molecule has 2 N–H and O–H groups in total. The first-order chi connectivity index (χ1) is 9.54. The van der Waals surface area contributed by atoms with Gasteiger partial charge < -0.3 is 15.3 Å². The Kier molecular flexibility index (Phi) is 7.31. The molecule has 110 valence electrons. The zero-order valence-electron chi connectivity index (χ0n) is 12.3. The predicted octanol–water partition coefficient (Wildman–Crippen LogP) is 1.55. The summed E-state index contributed by atoms with van der Waals surface area (Å²) < 4.78 is 0. The third-order valence-corrected chi connectivity index (χ3v) is 3.79. The van der Waals surface area contributed by atoms with Crippen LogP contribution in [0.5, 0.6) is 0 Å². The number of thiophene rings is 1. The Balaban J connectivity index is 2.43. The normalized spacial score (nSPS) is 10.5. The molecular weight excluding hydrogens is 272 g/mol. The molecule has 0 unspecified atom stereocenters. The topological polar surface area (TPSA) is 52.6 Å². The van der Waals surface area contributed by atoms with Gasteiger partial charge in [-0.05, 0) is 27.0 Å². The summed E-state index contributed by atoms with van der Waals surface area (Å²) in [6.07, 6.45) is 0.459. The lowest BCUT2D eigenvalue weighted by Gasteiger charge is -2.20. The molecule has 0 saturated heterocycles. The van der Waals surface area contributed by atoms with E-state index in [9.17, 15) is 4.79 Å². The second-order valence-corrected chi connectivity index (χ2v) is 5.72. The maximum absolute atomic E-state index is 11.9. The number of carbonyl (C=O) groups excluding carboxylic acids is 1. The molecule has 0 atom stereocenters. The van der Waals surface area contributed by atoms with Gasteiger partial charge >= 0.3 is 0 Å². The largest absolute Gasteiger partial charge is 0.395 e. The van der Waals surface area contributed by atoms with Gasteiger partial charge in [-0.15, -0.1) is 11.3 Å². The third kappa shape index (κ3) is 5.74. The van der Waals surface area contributed by atoms with Crippen LogP contribution < -0.4 is 5.32 Å². The van der Waals surface area contributed by atoms with Gasteiger partial charge in [0.2, 0.25) is 0 Å². The molecule has 1 aromatic heterocycles. The van der Waals surface area contributed by atoms with Crippen molar-refractivity contribution >= 4 is 17.2 Å². The Morgan fingerprint density at radius 1 is 1.55 bits per heavy atom. The van der Waals surface area contributed by atoms with E-state index in [2.05, 4.69) is 35.9 Å². The minimum Gasteiger partial charge on any atom is -0.395 e. The monoisotopic (exact) mass is 294 g/mol. The smallest absolute Gasteiger partial charge is 0.252 e. The van der Waals surface area contributed by atoms with Gasteiger partial charge in [0.1, 0.15) is 0 Å². The molecule has 0 radical (unpaired) electrons. The van der Waals surface area contributed by atoms with Crippen molar-refractivity contribution in [3.63, 3.8) is 0 Å². The van der Waals surface area contributed by atoms with Crippen LogP contribution in [0.15, 0.2) is 11.4 Å². The van der Waals surface area contributed by atoms with Gasteiger partial charge in [-0.1, -0.05) is 11.8 Å². The number of likely N-dealkylation sites (N-methyl/N-ethyl adjacent to an activating group) is 1. The number of nitrogens with one attached hydrogen (secondary N) is 1. The summed E-state index contributed by atoms with van der Waals surface area (Å²) in [6.45, 7) is 5.77. The molecule has 0 bridgehead atoms. The summed E-state index contributed by atoms with van der Waals surface area (Å²) in [5.41, 5.74) is 0.649. The molecular formula is C15H22N2O2S. The van der Waals surface area contributed by atoms with E-state index < -0.39 is 0 Å². The predicted molar refractivity (Wildman–Crippen MR) is 83.0 cm³/mol. The standard InChI is InChI=1S/C15H22N2O2S/c1-12(2)17(3)8-7-16-15(19)13-10-14(20-11-13)6-4-5-9-18/h10-12,18H,5,7-9H2,1-3H3,(H,16,19). The van der Waals surface area contributed by atoms with Crippen molar-refractivity contribution in [1.82, 2.24) is 10.2 Å². The Morgan fingerprint density at radius 2 is 2.30 bits per heavy atom. The second-order valence-electron chi connectivity index (χ2n) is 4.81. The van der Waals surface area contributed by atoms with E-state index in [1.807, 2.05) is 12.4 Å². The zero-order valence-corrected chi connectivity index (χ0v) is 13.1. The highest BCUT2D eigenvalue weighted by atomic mass is 32.1. The first kappa shape index (κ1) is 16.7. The lowest BCUT2D eigenvalue weighted by Crippen LogP contribution is -2.36. The number of aliphatic hydroxyl groups excluding tert-OH is 1. The van der Waals surface area contributed by atoms with Crippen LogP contribution in [0.25, 0.3) is 0 Å². The van der Waals surface area contributed by atoms with Crippen LogP contribution >= 0.6 is 11.3 Å². The van der Waals surface area contributed by atoms with E-state index in [4.69, 9.17) is 5.11 Å². The van der Waals surface area contributed by atoms with Gasteiger partial charge in [-0.2, -0.15) is 0 Å². The highest BCUT2D eigenvalue weighted by molar-refractivity contribution is 7.10. The first-order valence-corrected chi connectivity index (χ1v) is 7.59. The number of carbonyl (C=O) groups is 1. The number of amides is 1. The molecule has 0 fully saturated rings. The number of nitrogens with zero attached hydrogens (tertiary/aromatic N) is 1. The highest BCUT2D eigenvalue weighted by Gasteiger charge is 2.08. The molecule has 0 aromatic carbocycles. The summed E-state index contributed by atoms with van der Waals surface area (Å²) in [5, 5.41) is 13.4. The fourth-order valence-electron chi connectivity index (χ4n) is 1.43. The second kappa shape index (κ2) is 8.75. The van der Waals surface area contributed by atoms with Crippen molar-refractivity contribution < 1.29 is 9.90 Å². The Bertz CT molecular complexity index is 486. The Hall–Kier alpha value is -1.35. The van der Waals surface area contributed by atoms with Gasteiger partial charge in [0.25, 0.3) is 5.91 Å². The average molecular weight is 294 g/mol. The van der Waals surface area contributed by atoms with Crippen LogP contribution in [-0.4, -0.2) is 48.7 Å². The van der Waals surface area contributed by atoms with Crippen LogP contribution in [0, 0.1) is 11.8 Å². The maximum Gasteiger partial charge on any atom is 0.252 e. The zero-order chi connectivity index (χ0) is 15.0. The molecule has 0 aliphatic carbocycles. The summed E-state index contributed by atoms with van der Waals surface area (Å²) >= 11 is 1.45. The number of aliphatic hydroxyl groups is 1. The molecule has 0 aliphatic heterocycles. The van der Waals surface area contributed by atoms with Gasteiger partial charge in [-0.3, -0.25) is 4.79 Å². The van der Waals surface area contributed by atoms with Gasteiger partial charge in [0.15, 0.2) is 0 Å². The van der Waals surface area contributed by atoms with Crippen LogP contribution in [0.2, 0.25) is 0 Å². The van der Waals surface area contributed by atoms with Crippen molar-refractivity contribution in [1.29, 1.82) is 0 Å². The SMILES string of the molecule is CC(C)N(C)CCNC(=O)c1csc(C#CCCO)c1. The van der Waals surface area contributed by atoms with Crippen molar-refractivity contribution in [2.45, 2.75) is 26.3 Å². The van der Waals surface area contributed by atoms with Crippen molar-refractivity contribution in [3.05, 3.63) is 21.9 Å². The summed E-state index contributed by atoms with van der Waals surface area (Å²) in [6, 6.07) is 2.26. The lowest BCUT2D eigenvalue weighted by atomic mass is 10.3. The molecule has 1 aromatic rings. The van der Waals surface area contributed by atoms with Crippen LogP contribution in [-0.2, 0) is 0 Å². The molecule has 4 nitrogen and oxygen atoms in total. The Morgan fingerprint density at radius 3 is 2.95 bits per heavy atom. The first-order valence-electron chi connectivity index (χ1n) is 6.71. The lowest BCUT2D eigenvalue weighted by molar-refractivity contribution is 0.0948. The van der Waals surface area contributed by atoms with Crippen molar-refractivity contribution in [3.8, 4) is 11.8 Å². The third-order valence-electron chi connectivity index (χ3n) is 2.94. The fraction of sp³-hybridized carbons (Fsp3) is 0.533. The average Bonchev–Trinajstić information content (AvgIpc) is 2.87. The number of hydrogen-bond donors (Lipinski definition) is 2. The van der Waals surface area contributed by atoms with Gasteiger partial charge in [-0.25, -0.2) is 0 Å². The molecule has 0 spiro atoms. The van der Waals surface area contributed by atoms with E-state index >= 15 is 0 Å². The van der Waals surface area contributed by atoms with E-state index in [0.717, 1.165) is 11.4 Å². The van der Waals surface area contributed by atoms with Crippen LogP contribution in [0.4, 0.5) is 0 Å². The molecule has 1 amide bonds. The molecule has 0 aliphatic rings. The maximum atomic E-state index is 11.9. The van der Waals surface area contributed by atoms with E-state index in [-0.39, 0.29) is 12.5 Å². The van der Waals surface area contributed by atoms with Crippen molar-refractivity contribution in [2.75, 3.05) is 26.7 Å². The fourth-order valence-corrected chi connectivity index (χ4v) is 2.19. The van der Waals surface area contributed by atoms with E-state index in [1.165, 1.54) is 11.3 Å². The van der Waals surface area contributed by atoms with E-state index in [0.29, 0.717) is 24.6 Å². The Labute approximate surface area is 124 Å². The summed E-state index contributed by atoms with van der Waals surface area (Å²) in [5.74, 6) is 5.72. The molecule has 1 rings (SSSR count). The number of rotatable bonds is 6. The molecule has 1 heterocycles. The quantitative estimate of drug-likeness (QED) is 0.783. The number of hydrogen-bond acceptors (Lipinski definition) is 4. The van der Waals surface area contributed by atoms with Crippen LogP contribution in [0.1, 0.15) is 35.5 Å². The van der Waals surface area contributed by atoms with Crippen LogP contribution in [0.3, 0.4) is 0 Å². The molecule has 5 heteroatoms. The van der Waals surface area contributed by atoms with Gasteiger partial charge in [0.05, 0.1) is 17.0 Å². The van der Waals surface area contributed by atoms with E-state index in [1.54, 1.807) is 6.07 Å². The summed E-state index contributed by atoms with van der Waals surface area (Å²) in [7, 11) is 2.04. The molecule has 20 heavy (non-hydrogen) atoms. The summed E-state index contributed by atoms with van der Waals surface area (Å²) in [4.78, 5) is 15.0. The minimum absolute atomic E-state index is 0.0615. The molecule has 0 saturated carbocycles. The van der Waals surface area contributed by atoms with Gasteiger partial charge in [0, 0.05) is 30.9 Å².